The van der Waals surface area contributed by atoms with Crippen LogP contribution >= 0.6 is 11.8 Å². The van der Waals surface area contributed by atoms with Gasteiger partial charge in [0.2, 0.25) is 10.0 Å². The first-order chi connectivity index (χ1) is 8.58. The highest BCUT2D eigenvalue weighted by atomic mass is 32.2. The fourth-order valence-electron chi connectivity index (χ4n) is 1.57. The molecule has 1 aliphatic rings. The molecule has 7 heteroatoms. The van der Waals surface area contributed by atoms with E-state index in [-0.39, 0.29) is 5.75 Å². The van der Waals surface area contributed by atoms with Crippen molar-refractivity contribution < 1.29 is 13.3 Å². The van der Waals surface area contributed by atoms with Crippen LogP contribution in [0.3, 0.4) is 0 Å². The van der Waals surface area contributed by atoms with Crippen molar-refractivity contribution in [2.24, 2.45) is 0 Å². The number of rotatable bonds is 5. The molecule has 0 spiro atoms. The number of nitrogens with two attached hydrogens (primary N) is 1. The largest absolute Gasteiger partial charge is 0.399 e. The van der Waals surface area contributed by atoms with Gasteiger partial charge in [-0.05, 0) is 30.7 Å². The lowest BCUT2D eigenvalue weighted by molar-refractivity contribution is -0.0282. The van der Waals surface area contributed by atoms with E-state index in [0.29, 0.717) is 24.6 Å². The van der Waals surface area contributed by atoms with E-state index >= 15 is 0 Å². The van der Waals surface area contributed by atoms with Gasteiger partial charge in [-0.3, -0.25) is 4.84 Å². The SMILES string of the molecule is Nc1ccc(SCCS(=O)(=O)N2CCCO2)cc1. The van der Waals surface area contributed by atoms with Crippen LogP contribution in [0, 0.1) is 0 Å². The molecule has 0 aliphatic carbocycles. The van der Waals surface area contributed by atoms with Crippen molar-refractivity contribution in [1.29, 1.82) is 0 Å². The summed E-state index contributed by atoms with van der Waals surface area (Å²) in [6.07, 6.45) is 0.768. The van der Waals surface area contributed by atoms with Crippen LogP contribution in [0.5, 0.6) is 0 Å². The molecule has 1 aromatic rings. The van der Waals surface area contributed by atoms with E-state index in [9.17, 15) is 8.42 Å². The maximum atomic E-state index is 11.8. The van der Waals surface area contributed by atoms with E-state index in [0.717, 1.165) is 15.8 Å². The van der Waals surface area contributed by atoms with Gasteiger partial charge in [0.15, 0.2) is 0 Å². The second kappa shape index (κ2) is 5.92. The minimum atomic E-state index is -3.27. The first-order valence-corrected chi connectivity index (χ1v) is 8.29. The quantitative estimate of drug-likeness (QED) is 0.653. The Morgan fingerprint density at radius 2 is 2.06 bits per heavy atom. The van der Waals surface area contributed by atoms with Gasteiger partial charge < -0.3 is 5.73 Å². The second-order valence-electron chi connectivity index (χ2n) is 3.95. The molecule has 2 N–H and O–H groups in total. The summed E-state index contributed by atoms with van der Waals surface area (Å²) in [4.78, 5) is 6.07. The molecule has 1 fully saturated rings. The Balaban J connectivity index is 1.82. The smallest absolute Gasteiger partial charge is 0.236 e. The third-order valence-electron chi connectivity index (χ3n) is 2.52. The summed E-state index contributed by atoms with van der Waals surface area (Å²) in [6, 6.07) is 7.39. The van der Waals surface area contributed by atoms with Gasteiger partial charge in [-0.25, -0.2) is 8.42 Å². The van der Waals surface area contributed by atoms with Crippen molar-refractivity contribution in [3.05, 3.63) is 24.3 Å². The molecule has 1 saturated heterocycles. The van der Waals surface area contributed by atoms with Crippen LogP contribution in [0.4, 0.5) is 5.69 Å². The summed E-state index contributed by atoms with van der Waals surface area (Å²) >= 11 is 1.50. The third kappa shape index (κ3) is 3.61. The van der Waals surface area contributed by atoms with Crippen LogP contribution in [0.25, 0.3) is 0 Å². The summed E-state index contributed by atoms with van der Waals surface area (Å²) in [6.45, 7) is 0.958. The summed E-state index contributed by atoms with van der Waals surface area (Å²) in [7, 11) is -3.27. The van der Waals surface area contributed by atoms with Crippen molar-refractivity contribution in [3.63, 3.8) is 0 Å². The van der Waals surface area contributed by atoms with Crippen LogP contribution < -0.4 is 5.73 Å². The van der Waals surface area contributed by atoms with Crippen molar-refractivity contribution in [2.45, 2.75) is 11.3 Å². The van der Waals surface area contributed by atoms with E-state index in [1.807, 2.05) is 12.1 Å². The molecule has 0 aromatic heterocycles. The third-order valence-corrected chi connectivity index (χ3v) is 5.42. The van der Waals surface area contributed by atoms with Gasteiger partial charge in [0.05, 0.1) is 12.4 Å². The standard InChI is InChI=1S/C11H16N2O3S2/c12-10-2-4-11(5-3-10)17-8-9-18(14,15)13-6-1-7-16-13/h2-5H,1,6-9,12H2. The number of nitrogen functional groups attached to an aromatic ring is 1. The molecule has 0 amide bonds. The Kier molecular flexibility index (Phi) is 4.50. The van der Waals surface area contributed by atoms with Crippen LogP contribution in [-0.2, 0) is 14.9 Å². The topological polar surface area (TPSA) is 72.6 Å². The fourth-order valence-corrected chi connectivity index (χ4v) is 4.16. The Bertz CT molecular complexity index is 482. The monoisotopic (exact) mass is 288 g/mol. The number of anilines is 1. The van der Waals surface area contributed by atoms with Gasteiger partial charge in [0, 0.05) is 22.9 Å². The van der Waals surface area contributed by atoms with E-state index in [4.69, 9.17) is 10.6 Å². The predicted molar refractivity (Wildman–Crippen MR) is 72.6 cm³/mol. The summed E-state index contributed by atoms with van der Waals surface area (Å²) in [5.74, 6) is 0.591. The molecule has 1 heterocycles. The van der Waals surface area contributed by atoms with E-state index < -0.39 is 10.0 Å². The number of hydrogen-bond donors (Lipinski definition) is 1. The van der Waals surface area contributed by atoms with Gasteiger partial charge in [0.25, 0.3) is 0 Å². The summed E-state index contributed by atoms with van der Waals surface area (Å²) < 4.78 is 24.8. The zero-order valence-electron chi connectivity index (χ0n) is 9.91. The molecule has 5 nitrogen and oxygen atoms in total. The first-order valence-electron chi connectivity index (χ1n) is 5.69. The van der Waals surface area contributed by atoms with Gasteiger partial charge in [0.1, 0.15) is 0 Å². The van der Waals surface area contributed by atoms with Crippen LogP contribution in [-0.4, -0.2) is 37.5 Å². The maximum Gasteiger partial charge on any atom is 0.236 e. The molecule has 0 bridgehead atoms. The Morgan fingerprint density at radius 1 is 1.33 bits per heavy atom. The minimum absolute atomic E-state index is 0.0854. The number of benzene rings is 1. The number of hydroxylamine groups is 1. The minimum Gasteiger partial charge on any atom is -0.399 e. The number of nitrogens with zero attached hydrogens (tertiary/aromatic N) is 1. The Labute approximate surface area is 111 Å². The highest BCUT2D eigenvalue weighted by Gasteiger charge is 2.26. The van der Waals surface area contributed by atoms with Crippen LogP contribution in [0.2, 0.25) is 0 Å². The fraction of sp³-hybridized carbons (Fsp3) is 0.455. The highest BCUT2D eigenvalue weighted by Crippen LogP contribution is 2.20. The lowest BCUT2D eigenvalue weighted by atomic mass is 10.3. The van der Waals surface area contributed by atoms with Gasteiger partial charge in [-0.2, -0.15) is 0 Å². The summed E-state index contributed by atoms with van der Waals surface area (Å²) in [5, 5.41) is 0. The first kappa shape index (κ1) is 13.7. The van der Waals surface area contributed by atoms with E-state index in [1.54, 1.807) is 12.1 Å². The predicted octanol–water partition coefficient (Wildman–Crippen LogP) is 1.33. The molecular formula is C11H16N2O3S2. The average molecular weight is 288 g/mol. The number of hydrogen-bond acceptors (Lipinski definition) is 5. The van der Waals surface area contributed by atoms with Crippen LogP contribution in [0.1, 0.15) is 6.42 Å². The number of thioether (sulfide) groups is 1. The molecular weight excluding hydrogens is 272 g/mol. The molecule has 100 valence electrons. The Morgan fingerprint density at radius 3 is 2.67 bits per heavy atom. The molecule has 0 unspecified atom stereocenters. The number of sulfonamides is 1. The van der Waals surface area contributed by atoms with Crippen LogP contribution in [0.15, 0.2) is 29.2 Å². The van der Waals surface area contributed by atoms with Gasteiger partial charge >= 0.3 is 0 Å². The van der Waals surface area contributed by atoms with E-state index in [1.165, 1.54) is 11.8 Å². The van der Waals surface area contributed by atoms with Crippen molar-refractivity contribution in [1.82, 2.24) is 4.47 Å². The second-order valence-corrected chi connectivity index (χ2v) is 7.09. The van der Waals surface area contributed by atoms with Crippen molar-refractivity contribution in [2.75, 3.05) is 30.4 Å². The lowest BCUT2D eigenvalue weighted by Crippen LogP contribution is -2.29. The molecule has 1 aliphatic heterocycles. The molecule has 2 rings (SSSR count). The zero-order valence-corrected chi connectivity index (χ0v) is 11.5. The summed E-state index contributed by atoms with van der Waals surface area (Å²) in [5.41, 5.74) is 6.28. The van der Waals surface area contributed by atoms with Crippen molar-refractivity contribution in [3.8, 4) is 0 Å². The normalized spacial score (nSPS) is 17.1. The van der Waals surface area contributed by atoms with Crippen molar-refractivity contribution >= 4 is 27.5 Å². The Hall–Kier alpha value is -0.760. The molecule has 0 saturated carbocycles. The highest BCUT2D eigenvalue weighted by molar-refractivity contribution is 8.00. The molecule has 1 aromatic carbocycles. The molecule has 18 heavy (non-hydrogen) atoms. The molecule has 0 radical (unpaired) electrons. The van der Waals surface area contributed by atoms with E-state index in [2.05, 4.69) is 0 Å². The molecule has 0 atom stereocenters. The maximum absolute atomic E-state index is 11.8. The average Bonchev–Trinajstić information content (AvgIpc) is 2.86. The van der Waals surface area contributed by atoms with Gasteiger partial charge in [-0.15, -0.1) is 11.8 Å². The van der Waals surface area contributed by atoms with Gasteiger partial charge in [-0.1, -0.05) is 4.47 Å². The lowest BCUT2D eigenvalue weighted by Gasteiger charge is -2.13. The zero-order chi connectivity index (χ0) is 13.0.